The SMILES string of the molecule is CCN1C(=O)C(=Cc2ccc(-c3ccc(Cl)c(Cl)c3)o2)N(C)C1=S. The van der Waals surface area contributed by atoms with E-state index >= 15 is 0 Å². The van der Waals surface area contributed by atoms with Gasteiger partial charge in [0.2, 0.25) is 0 Å². The number of rotatable bonds is 3. The maximum atomic E-state index is 12.4. The van der Waals surface area contributed by atoms with Gasteiger partial charge in [-0.1, -0.05) is 23.2 Å². The Kier molecular flexibility index (Phi) is 4.67. The summed E-state index contributed by atoms with van der Waals surface area (Å²) in [4.78, 5) is 15.6. The summed E-state index contributed by atoms with van der Waals surface area (Å²) in [5, 5.41) is 1.44. The fraction of sp³-hybridized carbons (Fsp3) is 0.176. The summed E-state index contributed by atoms with van der Waals surface area (Å²) in [6, 6.07) is 8.89. The molecule has 2 heterocycles. The van der Waals surface area contributed by atoms with Crippen LogP contribution < -0.4 is 0 Å². The number of benzene rings is 1. The van der Waals surface area contributed by atoms with Crippen molar-refractivity contribution in [2.75, 3.05) is 13.6 Å². The first-order valence-corrected chi connectivity index (χ1v) is 8.45. The fourth-order valence-electron chi connectivity index (χ4n) is 2.46. The van der Waals surface area contributed by atoms with E-state index in [1.165, 1.54) is 0 Å². The second kappa shape index (κ2) is 6.59. The van der Waals surface area contributed by atoms with E-state index in [1.807, 2.05) is 19.1 Å². The van der Waals surface area contributed by atoms with Crippen molar-refractivity contribution in [3.8, 4) is 11.3 Å². The van der Waals surface area contributed by atoms with Crippen LogP contribution in [0.1, 0.15) is 12.7 Å². The largest absolute Gasteiger partial charge is 0.457 e. The number of carbonyl (C=O) groups is 1. The van der Waals surface area contributed by atoms with Crippen molar-refractivity contribution in [1.82, 2.24) is 9.80 Å². The molecule has 0 unspecified atom stereocenters. The van der Waals surface area contributed by atoms with Crippen LogP contribution in [-0.4, -0.2) is 34.4 Å². The van der Waals surface area contributed by atoms with Crippen molar-refractivity contribution in [1.29, 1.82) is 0 Å². The predicted octanol–water partition coefficient (Wildman–Crippen LogP) is 4.67. The number of carbonyl (C=O) groups excluding carboxylic acids is 1. The van der Waals surface area contributed by atoms with Crippen molar-refractivity contribution in [2.24, 2.45) is 0 Å². The van der Waals surface area contributed by atoms with Crippen LogP contribution in [0.5, 0.6) is 0 Å². The summed E-state index contributed by atoms with van der Waals surface area (Å²) >= 11 is 17.2. The Morgan fingerprint density at radius 3 is 2.58 bits per heavy atom. The highest BCUT2D eigenvalue weighted by Crippen LogP contribution is 2.30. The Bertz CT molecular complexity index is 860. The third kappa shape index (κ3) is 2.95. The second-order valence-corrected chi connectivity index (χ2v) is 6.43. The van der Waals surface area contributed by atoms with Gasteiger partial charge in [-0.25, -0.2) is 0 Å². The molecule has 7 heteroatoms. The number of furan rings is 1. The van der Waals surface area contributed by atoms with Crippen LogP contribution in [0.4, 0.5) is 0 Å². The first-order chi connectivity index (χ1) is 11.4. The monoisotopic (exact) mass is 380 g/mol. The molecule has 1 aliphatic rings. The molecule has 3 rings (SSSR count). The summed E-state index contributed by atoms with van der Waals surface area (Å²) in [6.45, 7) is 2.42. The molecule has 1 amide bonds. The molecule has 0 atom stereocenters. The second-order valence-electron chi connectivity index (χ2n) is 5.25. The number of likely N-dealkylation sites (N-methyl/N-ethyl adjacent to an activating group) is 2. The van der Waals surface area contributed by atoms with E-state index in [1.54, 1.807) is 41.1 Å². The van der Waals surface area contributed by atoms with E-state index in [2.05, 4.69) is 0 Å². The van der Waals surface area contributed by atoms with Gasteiger partial charge in [0.25, 0.3) is 5.91 Å². The van der Waals surface area contributed by atoms with Crippen LogP contribution in [0.2, 0.25) is 10.0 Å². The van der Waals surface area contributed by atoms with Gasteiger partial charge in [-0.2, -0.15) is 0 Å². The maximum absolute atomic E-state index is 12.4. The lowest BCUT2D eigenvalue weighted by molar-refractivity contribution is -0.122. The number of amides is 1. The lowest BCUT2D eigenvalue weighted by atomic mass is 10.2. The first-order valence-electron chi connectivity index (χ1n) is 7.29. The van der Waals surface area contributed by atoms with Crippen LogP contribution in [-0.2, 0) is 4.79 Å². The summed E-state index contributed by atoms with van der Waals surface area (Å²) in [5.41, 5.74) is 1.29. The molecule has 1 aromatic heterocycles. The minimum Gasteiger partial charge on any atom is -0.457 e. The molecule has 0 spiro atoms. The highest BCUT2D eigenvalue weighted by molar-refractivity contribution is 7.80. The molecule has 0 N–H and O–H groups in total. The van der Waals surface area contributed by atoms with E-state index < -0.39 is 0 Å². The molecule has 0 bridgehead atoms. The quantitative estimate of drug-likeness (QED) is 0.572. The summed E-state index contributed by atoms with van der Waals surface area (Å²) < 4.78 is 5.81. The maximum Gasteiger partial charge on any atom is 0.276 e. The van der Waals surface area contributed by atoms with Gasteiger partial charge in [-0.05, 0) is 49.5 Å². The van der Waals surface area contributed by atoms with Crippen molar-refractivity contribution < 1.29 is 9.21 Å². The molecule has 0 aliphatic carbocycles. The van der Waals surface area contributed by atoms with E-state index in [-0.39, 0.29) is 5.91 Å². The molecule has 1 fully saturated rings. The molecule has 124 valence electrons. The molecule has 2 aromatic rings. The average molecular weight is 381 g/mol. The third-order valence-electron chi connectivity index (χ3n) is 3.77. The van der Waals surface area contributed by atoms with Gasteiger partial charge in [-0.3, -0.25) is 9.69 Å². The van der Waals surface area contributed by atoms with Crippen LogP contribution >= 0.6 is 35.4 Å². The number of halogens is 2. The van der Waals surface area contributed by atoms with Gasteiger partial charge in [0, 0.05) is 25.2 Å². The Morgan fingerprint density at radius 1 is 1.21 bits per heavy atom. The average Bonchev–Trinajstić information content (AvgIpc) is 3.10. The van der Waals surface area contributed by atoms with Gasteiger partial charge in [0.15, 0.2) is 5.11 Å². The predicted molar refractivity (Wildman–Crippen MR) is 99.9 cm³/mol. The standard InChI is InChI=1S/C17H14Cl2N2O2S/c1-3-21-16(22)14(20(2)17(21)24)9-11-5-7-15(23-11)10-4-6-12(18)13(19)8-10/h4-9H,3H2,1-2H3. The number of hydrogen-bond donors (Lipinski definition) is 0. The highest BCUT2D eigenvalue weighted by atomic mass is 35.5. The molecule has 1 aromatic carbocycles. The molecule has 0 radical (unpaired) electrons. The molecule has 1 saturated heterocycles. The van der Waals surface area contributed by atoms with E-state index in [0.717, 1.165) is 5.56 Å². The number of nitrogens with zero attached hydrogens (tertiary/aromatic N) is 2. The van der Waals surface area contributed by atoms with Crippen LogP contribution in [0.15, 0.2) is 40.4 Å². The van der Waals surface area contributed by atoms with Crippen molar-refractivity contribution in [2.45, 2.75) is 6.92 Å². The normalized spacial score (nSPS) is 16.6. The lowest BCUT2D eigenvalue weighted by Crippen LogP contribution is -2.30. The Hall–Kier alpha value is -1.82. The van der Waals surface area contributed by atoms with Crippen LogP contribution in [0.3, 0.4) is 0 Å². The van der Waals surface area contributed by atoms with Crippen molar-refractivity contribution in [3.63, 3.8) is 0 Å². The van der Waals surface area contributed by atoms with Gasteiger partial charge in [-0.15, -0.1) is 0 Å². The zero-order chi connectivity index (χ0) is 17.4. The number of thiocarbonyl (C=S) groups is 1. The fourth-order valence-corrected chi connectivity index (χ4v) is 3.07. The van der Waals surface area contributed by atoms with E-state index in [0.29, 0.717) is 38.9 Å². The molecule has 0 saturated carbocycles. The zero-order valence-electron chi connectivity index (χ0n) is 13.0. The highest BCUT2D eigenvalue weighted by Gasteiger charge is 2.34. The molecule has 4 nitrogen and oxygen atoms in total. The molecule has 1 aliphatic heterocycles. The zero-order valence-corrected chi connectivity index (χ0v) is 15.4. The Morgan fingerprint density at radius 2 is 1.96 bits per heavy atom. The lowest BCUT2D eigenvalue weighted by Gasteiger charge is -2.13. The molecule has 24 heavy (non-hydrogen) atoms. The van der Waals surface area contributed by atoms with Crippen molar-refractivity contribution >= 4 is 52.5 Å². The third-order valence-corrected chi connectivity index (χ3v) is 5.00. The Labute approximate surface area is 155 Å². The van der Waals surface area contributed by atoms with Gasteiger partial charge in [0.05, 0.1) is 10.0 Å². The van der Waals surface area contributed by atoms with Gasteiger partial charge in [0.1, 0.15) is 17.2 Å². The first kappa shape index (κ1) is 17.0. The topological polar surface area (TPSA) is 36.7 Å². The van der Waals surface area contributed by atoms with Crippen molar-refractivity contribution in [3.05, 3.63) is 51.8 Å². The smallest absolute Gasteiger partial charge is 0.276 e. The summed E-state index contributed by atoms with van der Waals surface area (Å²) in [5.74, 6) is 1.08. The minimum absolute atomic E-state index is 0.127. The van der Waals surface area contributed by atoms with Crippen LogP contribution in [0, 0.1) is 0 Å². The number of hydrogen-bond acceptors (Lipinski definition) is 3. The van der Waals surface area contributed by atoms with Gasteiger partial charge >= 0.3 is 0 Å². The molecular formula is C17H14Cl2N2O2S. The van der Waals surface area contributed by atoms with Gasteiger partial charge < -0.3 is 9.32 Å². The summed E-state index contributed by atoms with van der Waals surface area (Å²) in [6.07, 6.45) is 1.69. The minimum atomic E-state index is -0.127. The van der Waals surface area contributed by atoms with Crippen LogP contribution in [0.25, 0.3) is 17.4 Å². The molecular weight excluding hydrogens is 367 g/mol. The summed E-state index contributed by atoms with van der Waals surface area (Å²) in [7, 11) is 1.77. The van der Waals surface area contributed by atoms with E-state index in [4.69, 9.17) is 39.8 Å². The Balaban J connectivity index is 1.92. The van der Waals surface area contributed by atoms with E-state index in [9.17, 15) is 4.79 Å².